The maximum Gasteiger partial charge on any atom is 0.222 e. The van der Waals surface area contributed by atoms with Gasteiger partial charge in [0.25, 0.3) is 0 Å². The predicted molar refractivity (Wildman–Crippen MR) is 119 cm³/mol. The van der Waals surface area contributed by atoms with E-state index in [1.54, 1.807) is 0 Å². The molecule has 1 heterocycles. The van der Waals surface area contributed by atoms with Crippen molar-refractivity contribution in [1.82, 2.24) is 0 Å². The lowest BCUT2D eigenvalue weighted by atomic mass is 9.80. The molecular formula is C28H20O2. The fourth-order valence-electron chi connectivity index (χ4n) is 4.08. The summed E-state index contributed by atoms with van der Waals surface area (Å²) in [5.41, 5.74) is 2.77. The predicted octanol–water partition coefficient (Wildman–Crippen LogP) is 6.10. The summed E-state index contributed by atoms with van der Waals surface area (Å²) >= 11 is 0. The van der Waals surface area contributed by atoms with Gasteiger partial charge in [-0.25, -0.2) is 0 Å². The zero-order valence-corrected chi connectivity index (χ0v) is 16.4. The first-order chi connectivity index (χ1) is 14.8. The topological polar surface area (TPSA) is 26.3 Å². The zero-order chi connectivity index (χ0) is 20.4. The molecule has 30 heavy (non-hydrogen) atoms. The molecule has 2 heteroatoms. The third-order valence-electron chi connectivity index (χ3n) is 5.49. The van der Waals surface area contributed by atoms with Crippen LogP contribution < -0.4 is 0 Å². The van der Waals surface area contributed by atoms with Gasteiger partial charge in [0.1, 0.15) is 5.76 Å². The van der Waals surface area contributed by atoms with Crippen molar-refractivity contribution in [3.05, 3.63) is 144 Å². The summed E-state index contributed by atoms with van der Waals surface area (Å²) in [7, 11) is 0. The Morgan fingerprint density at radius 3 is 1.37 bits per heavy atom. The highest BCUT2D eigenvalue weighted by Crippen LogP contribution is 2.50. The first-order valence-electron chi connectivity index (χ1n) is 10.0. The van der Waals surface area contributed by atoms with Crippen molar-refractivity contribution in [3.8, 4) is 0 Å². The number of benzene rings is 4. The summed E-state index contributed by atoms with van der Waals surface area (Å²) in [6.07, 6.45) is 0. The number of carbonyl (C=O) groups excluding carboxylic acids is 1. The number of carbonyl (C=O) groups is 1. The number of rotatable bonds is 4. The minimum Gasteiger partial charge on any atom is -0.468 e. The Bertz CT molecular complexity index is 1160. The van der Waals surface area contributed by atoms with E-state index in [9.17, 15) is 4.79 Å². The van der Waals surface area contributed by atoms with E-state index < -0.39 is 5.60 Å². The SMILES string of the molecule is O=C1C(c2ccccc2)=C(c2ccccc2)OC1(c1ccccc1)c1ccccc1. The van der Waals surface area contributed by atoms with E-state index in [1.165, 1.54) is 0 Å². The third-order valence-corrected chi connectivity index (χ3v) is 5.49. The molecular weight excluding hydrogens is 368 g/mol. The van der Waals surface area contributed by atoms with Crippen LogP contribution in [0.3, 0.4) is 0 Å². The molecule has 0 aromatic heterocycles. The number of Topliss-reactive ketones (excluding diaryl/α,β-unsaturated/α-hetero) is 1. The Morgan fingerprint density at radius 2 is 0.900 bits per heavy atom. The summed E-state index contributed by atoms with van der Waals surface area (Å²) in [5, 5.41) is 0. The minimum atomic E-state index is -1.22. The molecule has 0 atom stereocenters. The monoisotopic (exact) mass is 388 g/mol. The molecule has 0 aliphatic carbocycles. The van der Waals surface area contributed by atoms with E-state index in [2.05, 4.69) is 0 Å². The lowest BCUT2D eigenvalue weighted by molar-refractivity contribution is -0.125. The summed E-state index contributed by atoms with van der Waals surface area (Å²) in [6.45, 7) is 0. The van der Waals surface area contributed by atoms with Gasteiger partial charge in [-0.2, -0.15) is 0 Å². The van der Waals surface area contributed by atoms with E-state index in [1.807, 2.05) is 121 Å². The van der Waals surface area contributed by atoms with Crippen molar-refractivity contribution in [2.45, 2.75) is 5.60 Å². The van der Waals surface area contributed by atoms with Crippen LogP contribution in [0, 0.1) is 0 Å². The summed E-state index contributed by atoms with van der Waals surface area (Å²) in [4.78, 5) is 14.2. The molecule has 0 N–H and O–H groups in total. The van der Waals surface area contributed by atoms with Crippen LogP contribution in [0.15, 0.2) is 121 Å². The fraction of sp³-hybridized carbons (Fsp3) is 0.0357. The molecule has 144 valence electrons. The number of hydrogen-bond donors (Lipinski definition) is 0. The second-order valence-corrected chi connectivity index (χ2v) is 7.28. The van der Waals surface area contributed by atoms with E-state index in [0.29, 0.717) is 11.3 Å². The molecule has 0 saturated carbocycles. The Kier molecular flexibility index (Phi) is 4.53. The van der Waals surface area contributed by atoms with E-state index >= 15 is 0 Å². The number of ether oxygens (including phenoxy) is 1. The number of ketones is 1. The van der Waals surface area contributed by atoms with Gasteiger partial charge >= 0.3 is 0 Å². The average Bonchev–Trinajstić information content (AvgIpc) is 3.15. The van der Waals surface area contributed by atoms with Crippen LogP contribution >= 0.6 is 0 Å². The molecule has 0 saturated heterocycles. The molecule has 2 nitrogen and oxygen atoms in total. The Balaban J connectivity index is 1.79. The van der Waals surface area contributed by atoms with Crippen LogP contribution in [0.25, 0.3) is 11.3 Å². The van der Waals surface area contributed by atoms with Crippen LogP contribution in [-0.4, -0.2) is 5.78 Å². The van der Waals surface area contributed by atoms with E-state index in [0.717, 1.165) is 22.3 Å². The second-order valence-electron chi connectivity index (χ2n) is 7.28. The zero-order valence-electron chi connectivity index (χ0n) is 16.4. The second kappa shape index (κ2) is 7.49. The summed E-state index contributed by atoms with van der Waals surface area (Å²) in [5.74, 6) is 0.560. The quantitative estimate of drug-likeness (QED) is 0.422. The first kappa shape index (κ1) is 18.1. The molecule has 1 aliphatic rings. The third kappa shape index (κ3) is 2.85. The van der Waals surface area contributed by atoms with Crippen molar-refractivity contribution in [3.63, 3.8) is 0 Å². The summed E-state index contributed by atoms with van der Waals surface area (Å²) < 4.78 is 6.72. The van der Waals surface area contributed by atoms with Gasteiger partial charge in [-0.15, -0.1) is 0 Å². The molecule has 0 fully saturated rings. The van der Waals surface area contributed by atoms with E-state index in [-0.39, 0.29) is 5.78 Å². The van der Waals surface area contributed by atoms with Crippen molar-refractivity contribution in [2.24, 2.45) is 0 Å². The molecule has 0 radical (unpaired) electrons. The van der Waals surface area contributed by atoms with Crippen molar-refractivity contribution >= 4 is 17.1 Å². The average molecular weight is 388 g/mol. The van der Waals surface area contributed by atoms with Crippen molar-refractivity contribution in [1.29, 1.82) is 0 Å². The van der Waals surface area contributed by atoms with Gasteiger partial charge in [0.05, 0.1) is 5.57 Å². The standard InChI is InChI=1S/C28H20O2/c29-27-25(21-13-5-1-6-14-21)26(22-15-7-2-8-16-22)30-28(27,23-17-9-3-10-18-23)24-19-11-4-12-20-24/h1-20H. The van der Waals surface area contributed by atoms with Crippen molar-refractivity contribution in [2.75, 3.05) is 0 Å². The highest BCUT2D eigenvalue weighted by Gasteiger charge is 2.52. The Morgan fingerprint density at radius 1 is 0.500 bits per heavy atom. The molecule has 0 unspecified atom stereocenters. The molecule has 0 bridgehead atoms. The Labute approximate surface area is 176 Å². The molecule has 4 aromatic rings. The van der Waals surface area contributed by atoms with Gasteiger partial charge < -0.3 is 4.74 Å². The minimum absolute atomic E-state index is 0.0510. The van der Waals surface area contributed by atoms with Crippen LogP contribution in [0.4, 0.5) is 0 Å². The first-order valence-corrected chi connectivity index (χ1v) is 10.0. The Hall–Kier alpha value is -3.91. The largest absolute Gasteiger partial charge is 0.468 e. The van der Waals surface area contributed by atoms with Gasteiger partial charge in [0.2, 0.25) is 11.4 Å². The van der Waals surface area contributed by atoms with Gasteiger partial charge in [0.15, 0.2) is 0 Å². The van der Waals surface area contributed by atoms with E-state index in [4.69, 9.17) is 4.74 Å². The van der Waals surface area contributed by atoms with Crippen LogP contribution in [0.5, 0.6) is 0 Å². The highest BCUT2D eigenvalue weighted by molar-refractivity contribution is 6.33. The molecule has 1 aliphatic heterocycles. The molecule has 4 aromatic carbocycles. The van der Waals surface area contributed by atoms with Gasteiger partial charge in [-0.05, 0) is 5.56 Å². The smallest absolute Gasteiger partial charge is 0.222 e. The molecule has 0 spiro atoms. The highest BCUT2D eigenvalue weighted by atomic mass is 16.5. The molecule has 5 rings (SSSR count). The van der Waals surface area contributed by atoms with Crippen LogP contribution in [0.1, 0.15) is 22.3 Å². The van der Waals surface area contributed by atoms with Crippen LogP contribution in [0.2, 0.25) is 0 Å². The maximum absolute atomic E-state index is 14.2. The number of hydrogen-bond acceptors (Lipinski definition) is 2. The molecule has 0 amide bonds. The lowest BCUT2D eigenvalue weighted by Gasteiger charge is -2.29. The lowest BCUT2D eigenvalue weighted by Crippen LogP contribution is -2.35. The van der Waals surface area contributed by atoms with Crippen LogP contribution in [-0.2, 0) is 15.1 Å². The summed E-state index contributed by atoms with van der Waals surface area (Å²) in [6, 6.07) is 39.1. The van der Waals surface area contributed by atoms with Gasteiger partial charge in [-0.3, -0.25) is 4.79 Å². The van der Waals surface area contributed by atoms with Gasteiger partial charge in [0, 0.05) is 16.7 Å². The normalized spacial score (nSPS) is 15.1. The van der Waals surface area contributed by atoms with Crippen molar-refractivity contribution < 1.29 is 9.53 Å². The maximum atomic E-state index is 14.2. The fourth-order valence-corrected chi connectivity index (χ4v) is 4.08. The van der Waals surface area contributed by atoms with Gasteiger partial charge in [-0.1, -0.05) is 121 Å².